The molecule has 0 bridgehead atoms. The monoisotopic (exact) mass is 275 g/mol. The first-order valence-corrected chi connectivity index (χ1v) is 7.53. The van der Waals surface area contributed by atoms with Crippen molar-refractivity contribution in [3.05, 3.63) is 28.5 Å². The Hall–Kier alpha value is -1.46. The van der Waals surface area contributed by atoms with Crippen LogP contribution in [0.2, 0.25) is 0 Å². The summed E-state index contributed by atoms with van der Waals surface area (Å²) in [5, 5.41) is 6.50. The first-order valence-electron chi connectivity index (χ1n) is 5.84. The van der Waals surface area contributed by atoms with E-state index in [2.05, 4.69) is 46.6 Å². The molecule has 0 aliphatic carbocycles. The molecular weight excluding hydrogens is 262 g/mol. The number of thiophene rings is 2. The van der Waals surface area contributed by atoms with Gasteiger partial charge < -0.3 is 5.32 Å². The average molecular weight is 275 g/mol. The molecule has 0 aromatic carbocycles. The Labute approximate surface area is 114 Å². The Morgan fingerprint density at radius 1 is 1.33 bits per heavy atom. The van der Waals surface area contributed by atoms with Crippen molar-refractivity contribution in [1.82, 2.24) is 9.97 Å². The van der Waals surface area contributed by atoms with E-state index in [-0.39, 0.29) is 0 Å². The molecule has 1 N–H and O–H groups in total. The second-order valence-electron chi connectivity index (χ2n) is 3.98. The zero-order valence-electron chi connectivity index (χ0n) is 10.2. The van der Waals surface area contributed by atoms with Crippen LogP contribution < -0.4 is 5.32 Å². The maximum absolute atomic E-state index is 4.66. The molecule has 3 aromatic heterocycles. The number of fused-ring (bicyclic) bond motifs is 1. The maximum atomic E-state index is 4.66. The predicted molar refractivity (Wildman–Crippen MR) is 79.6 cm³/mol. The van der Waals surface area contributed by atoms with E-state index in [1.807, 2.05) is 6.07 Å². The number of hydrogen-bond acceptors (Lipinski definition) is 5. The molecule has 18 heavy (non-hydrogen) atoms. The van der Waals surface area contributed by atoms with Crippen LogP contribution in [-0.2, 0) is 0 Å². The van der Waals surface area contributed by atoms with Crippen LogP contribution in [0.3, 0.4) is 0 Å². The molecule has 0 atom stereocenters. The van der Waals surface area contributed by atoms with E-state index in [0.29, 0.717) is 0 Å². The lowest BCUT2D eigenvalue weighted by Gasteiger charge is -2.05. The third kappa shape index (κ3) is 2.00. The molecule has 5 heteroatoms. The van der Waals surface area contributed by atoms with Crippen LogP contribution in [0, 0.1) is 6.92 Å². The van der Waals surface area contributed by atoms with Gasteiger partial charge in [0.15, 0.2) is 5.82 Å². The van der Waals surface area contributed by atoms with Crippen LogP contribution in [-0.4, -0.2) is 16.5 Å². The van der Waals surface area contributed by atoms with Gasteiger partial charge in [0.2, 0.25) is 0 Å². The van der Waals surface area contributed by atoms with Crippen LogP contribution in [0.25, 0.3) is 20.9 Å². The zero-order chi connectivity index (χ0) is 12.5. The van der Waals surface area contributed by atoms with Gasteiger partial charge in [0.05, 0.1) is 10.3 Å². The van der Waals surface area contributed by atoms with Gasteiger partial charge in [-0.25, -0.2) is 9.97 Å². The molecule has 3 nitrogen and oxygen atoms in total. The van der Waals surface area contributed by atoms with Crippen molar-refractivity contribution in [2.24, 2.45) is 0 Å². The maximum Gasteiger partial charge on any atom is 0.173 e. The van der Waals surface area contributed by atoms with Gasteiger partial charge in [-0.2, -0.15) is 0 Å². The highest BCUT2D eigenvalue weighted by molar-refractivity contribution is 7.18. The summed E-state index contributed by atoms with van der Waals surface area (Å²) in [7, 11) is 0. The Bertz CT molecular complexity index is 671. The van der Waals surface area contributed by atoms with Crippen molar-refractivity contribution in [3.8, 4) is 10.7 Å². The lowest BCUT2D eigenvalue weighted by molar-refractivity contribution is 1.15. The number of nitrogens with one attached hydrogen (secondary N) is 1. The summed E-state index contributed by atoms with van der Waals surface area (Å²) in [6, 6.07) is 6.23. The van der Waals surface area contributed by atoms with E-state index in [9.17, 15) is 0 Å². The van der Waals surface area contributed by atoms with Gasteiger partial charge in [-0.1, -0.05) is 6.07 Å². The van der Waals surface area contributed by atoms with Crippen molar-refractivity contribution in [2.45, 2.75) is 13.8 Å². The van der Waals surface area contributed by atoms with Gasteiger partial charge in [0.1, 0.15) is 10.6 Å². The minimum atomic E-state index is 0.815. The Morgan fingerprint density at radius 2 is 2.22 bits per heavy atom. The topological polar surface area (TPSA) is 37.8 Å². The molecule has 0 radical (unpaired) electrons. The predicted octanol–water partition coefficient (Wildman–Crippen LogP) is 4.16. The lowest BCUT2D eigenvalue weighted by Crippen LogP contribution is -2.01. The third-order valence-corrected chi connectivity index (χ3v) is 4.41. The highest BCUT2D eigenvalue weighted by Gasteiger charge is 2.11. The van der Waals surface area contributed by atoms with Crippen molar-refractivity contribution in [3.63, 3.8) is 0 Å². The molecule has 92 valence electrons. The van der Waals surface area contributed by atoms with Crippen molar-refractivity contribution >= 4 is 38.7 Å². The van der Waals surface area contributed by atoms with Crippen LogP contribution in [0.1, 0.15) is 11.8 Å². The van der Waals surface area contributed by atoms with Crippen LogP contribution in [0.15, 0.2) is 23.6 Å². The van der Waals surface area contributed by atoms with E-state index in [1.165, 1.54) is 4.88 Å². The number of rotatable bonds is 3. The largest absolute Gasteiger partial charge is 0.370 e. The van der Waals surface area contributed by atoms with E-state index in [4.69, 9.17) is 0 Å². The summed E-state index contributed by atoms with van der Waals surface area (Å²) < 4.78 is 0. The molecule has 0 unspecified atom stereocenters. The summed E-state index contributed by atoms with van der Waals surface area (Å²) in [5.41, 5.74) is 0. The molecule has 0 amide bonds. The van der Waals surface area contributed by atoms with Crippen LogP contribution in [0.4, 0.5) is 5.82 Å². The normalized spacial score (nSPS) is 11.0. The van der Waals surface area contributed by atoms with Gasteiger partial charge in [0, 0.05) is 11.4 Å². The van der Waals surface area contributed by atoms with E-state index in [0.717, 1.165) is 33.3 Å². The summed E-state index contributed by atoms with van der Waals surface area (Å²) in [5.74, 6) is 1.76. The average Bonchev–Trinajstić information content (AvgIpc) is 2.96. The second kappa shape index (κ2) is 4.66. The molecular formula is C13H13N3S2. The lowest BCUT2D eigenvalue weighted by atomic mass is 10.3. The van der Waals surface area contributed by atoms with Gasteiger partial charge in [-0.05, 0) is 31.4 Å². The number of hydrogen-bond donors (Lipinski definition) is 1. The number of nitrogens with zero attached hydrogens (tertiary/aromatic N) is 2. The van der Waals surface area contributed by atoms with Crippen LogP contribution >= 0.6 is 22.7 Å². The number of aromatic nitrogens is 2. The first-order chi connectivity index (χ1) is 8.78. The summed E-state index contributed by atoms with van der Waals surface area (Å²) in [4.78, 5) is 12.7. The highest BCUT2D eigenvalue weighted by Crippen LogP contribution is 2.32. The van der Waals surface area contributed by atoms with Gasteiger partial charge in [-0.3, -0.25) is 0 Å². The Morgan fingerprint density at radius 3 is 2.94 bits per heavy atom. The molecule has 0 saturated heterocycles. The van der Waals surface area contributed by atoms with Crippen molar-refractivity contribution < 1.29 is 0 Å². The summed E-state index contributed by atoms with van der Waals surface area (Å²) in [6.07, 6.45) is 0. The fourth-order valence-electron chi connectivity index (χ4n) is 1.86. The number of aryl methyl sites for hydroxylation is 1. The minimum absolute atomic E-state index is 0.815. The quantitative estimate of drug-likeness (QED) is 0.780. The molecule has 0 aliphatic rings. The van der Waals surface area contributed by atoms with Crippen LogP contribution in [0.5, 0.6) is 0 Å². The first kappa shape index (κ1) is 11.6. The number of anilines is 1. The summed E-state index contributed by atoms with van der Waals surface area (Å²) >= 11 is 3.39. The summed E-state index contributed by atoms with van der Waals surface area (Å²) in [6.45, 7) is 5.05. The molecule has 0 fully saturated rings. The van der Waals surface area contributed by atoms with Crippen molar-refractivity contribution in [2.75, 3.05) is 11.9 Å². The molecule has 3 aromatic rings. The Balaban J connectivity index is 2.22. The van der Waals surface area contributed by atoms with Gasteiger partial charge in [0.25, 0.3) is 0 Å². The SMILES string of the molecule is CCNc1nc(-c2cccs2)nc2sc(C)cc12. The van der Waals surface area contributed by atoms with E-state index >= 15 is 0 Å². The highest BCUT2D eigenvalue weighted by atomic mass is 32.1. The fraction of sp³-hybridized carbons (Fsp3) is 0.231. The molecule has 0 aliphatic heterocycles. The minimum Gasteiger partial charge on any atom is -0.370 e. The molecule has 0 spiro atoms. The van der Waals surface area contributed by atoms with E-state index in [1.54, 1.807) is 22.7 Å². The fourth-order valence-corrected chi connectivity index (χ4v) is 3.40. The molecule has 0 saturated carbocycles. The van der Waals surface area contributed by atoms with Crippen molar-refractivity contribution in [1.29, 1.82) is 0 Å². The smallest absolute Gasteiger partial charge is 0.173 e. The Kier molecular flexibility index (Phi) is 3.01. The standard InChI is InChI=1S/C13H13N3S2/c1-3-14-11-9-7-8(2)18-13(9)16-12(15-11)10-5-4-6-17-10/h4-7H,3H2,1-2H3,(H,14,15,16). The van der Waals surface area contributed by atoms with Gasteiger partial charge in [-0.15, -0.1) is 22.7 Å². The van der Waals surface area contributed by atoms with E-state index < -0.39 is 0 Å². The molecule has 3 heterocycles. The third-order valence-electron chi connectivity index (χ3n) is 2.60. The zero-order valence-corrected chi connectivity index (χ0v) is 11.9. The van der Waals surface area contributed by atoms with Gasteiger partial charge >= 0.3 is 0 Å². The molecule has 3 rings (SSSR count). The second-order valence-corrected chi connectivity index (χ2v) is 6.16.